The Balaban J connectivity index is 1.88. The maximum Gasteiger partial charge on any atom is 0.408 e. The van der Waals surface area contributed by atoms with E-state index in [1.807, 2.05) is 0 Å². The minimum absolute atomic E-state index is 0.102. The average Bonchev–Trinajstić information content (AvgIpc) is 3.18. The summed E-state index contributed by atoms with van der Waals surface area (Å²) >= 11 is 7.35. The first-order chi connectivity index (χ1) is 14.9. The second-order valence-electron chi connectivity index (χ2n) is 8.92. The maximum atomic E-state index is 12.8. The van der Waals surface area contributed by atoms with Gasteiger partial charge in [0.15, 0.2) is 5.02 Å². The first-order valence-corrected chi connectivity index (χ1v) is 11.6. The molecule has 2 heterocycles. The standard InChI is InChI=1S/C21H27ClN4O5S/c1-6-31-20(28)16-13-8-7-12(21(3,4)5)9-14(13)32-19(16)23-15(27)10-25-11(2)17(22)18(24-25)26(29)30/h12H,6-10H2,1-5H3,(H,23,27)/t12-/m1/s1. The third-order valence-electron chi connectivity index (χ3n) is 5.81. The number of halogens is 1. The molecule has 0 unspecified atom stereocenters. The van der Waals surface area contributed by atoms with E-state index in [1.54, 1.807) is 13.8 Å². The lowest BCUT2D eigenvalue weighted by molar-refractivity contribution is -0.389. The summed E-state index contributed by atoms with van der Waals surface area (Å²) in [6, 6.07) is 0. The normalized spacial score (nSPS) is 15.9. The van der Waals surface area contributed by atoms with Gasteiger partial charge in [-0.15, -0.1) is 11.3 Å². The number of thiophene rings is 1. The second-order valence-corrected chi connectivity index (χ2v) is 10.4. The van der Waals surface area contributed by atoms with E-state index in [9.17, 15) is 19.7 Å². The van der Waals surface area contributed by atoms with Crippen LogP contribution in [0.1, 0.15) is 60.6 Å². The number of amides is 1. The lowest BCUT2D eigenvalue weighted by Gasteiger charge is -2.33. The van der Waals surface area contributed by atoms with E-state index in [-0.39, 0.29) is 23.6 Å². The van der Waals surface area contributed by atoms with Crippen LogP contribution in [0, 0.1) is 28.4 Å². The number of aromatic nitrogens is 2. The first-order valence-electron chi connectivity index (χ1n) is 10.4. The highest BCUT2D eigenvalue weighted by Gasteiger charge is 2.34. The number of nitro groups is 1. The molecule has 0 spiro atoms. The number of fused-ring (bicyclic) bond motifs is 1. The van der Waals surface area contributed by atoms with Crippen molar-refractivity contribution in [2.24, 2.45) is 11.3 Å². The van der Waals surface area contributed by atoms with Crippen LogP contribution < -0.4 is 5.32 Å². The van der Waals surface area contributed by atoms with Crippen LogP contribution in [0.5, 0.6) is 0 Å². The molecule has 0 bridgehead atoms. The molecule has 0 saturated heterocycles. The fourth-order valence-electron chi connectivity index (χ4n) is 3.91. The Bertz CT molecular complexity index is 1070. The van der Waals surface area contributed by atoms with Crippen LogP contribution in [-0.4, -0.2) is 33.2 Å². The summed E-state index contributed by atoms with van der Waals surface area (Å²) in [5.41, 5.74) is 1.81. The van der Waals surface area contributed by atoms with Gasteiger partial charge in [0.1, 0.15) is 11.5 Å². The Morgan fingerprint density at radius 2 is 2.09 bits per heavy atom. The summed E-state index contributed by atoms with van der Waals surface area (Å²) < 4.78 is 6.44. The van der Waals surface area contributed by atoms with Crippen LogP contribution in [-0.2, 0) is 28.9 Å². The van der Waals surface area contributed by atoms with Crippen molar-refractivity contribution in [2.75, 3.05) is 11.9 Å². The molecule has 0 radical (unpaired) electrons. The molecule has 3 rings (SSSR count). The first kappa shape index (κ1) is 24.2. The number of ether oxygens (including phenoxy) is 1. The Hall–Kier alpha value is -2.46. The maximum absolute atomic E-state index is 12.8. The van der Waals surface area contributed by atoms with Gasteiger partial charge in [-0.3, -0.25) is 4.79 Å². The molecule has 1 aliphatic rings. The van der Waals surface area contributed by atoms with Crippen molar-refractivity contribution in [2.45, 2.75) is 60.4 Å². The molecule has 2 aromatic rings. The summed E-state index contributed by atoms with van der Waals surface area (Å²) in [5.74, 6) is -0.937. The third kappa shape index (κ3) is 4.80. The summed E-state index contributed by atoms with van der Waals surface area (Å²) in [7, 11) is 0. The number of nitrogens with one attached hydrogen (secondary N) is 1. The number of esters is 1. The zero-order chi connectivity index (χ0) is 23.8. The predicted octanol–water partition coefficient (Wildman–Crippen LogP) is 4.78. The fourth-order valence-corrected chi connectivity index (χ4v) is 5.45. The van der Waals surface area contributed by atoms with Crippen molar-refractivity contribution in [3.63, 3.8) is 0 Å². The number of carbonyl (C=O) groups is 2. The highest BCUT2D eigenvalue weighted by atomic mass is 35.5. The lowest BCUT2D eigenvalue weighted by atomic mass is 9.72. The van der Waals surface area contributed by atoms with Crippen molar-refractivity contribution in [3.05, 3.63) is 36.8 Å². The van der Waals surface area contributed by atoms with E-state index >= 15 is 0 Å². The third-order valence-corrected chi connectivity index (χ3v) is 7.42. The van der Waals surface area contributed by atoms with E-state index in [1.165, 1.54) is 16.0 Å². The van der Waals surface area contributed by atoms with Gasteiger partial charge in [-0.2, -0.15) is 4.68 Å². The molecule has 11 heteroatoms. The van der Waals surface area contributed by atoms with Crippen molar-refractivity contribution in [1.29, 1.82) is 0 Å². The van der Waals surface area contributed by atoms with Crippen LogP contribution in [0.4, 0.5) is 10.8 Å². The van der Waals surface area contributed by atoms with E-state index < -0.39 is 22.6 Å². The lowest BCUT2D eigenvalue weighted by Crippen LogP contribution is -2.26. The molecule has 174 valence electrons. The van der Waals surface area contributed by atoms with Gasteiger partial charge in [0, 0.05) is 4.88 Å². The summed E-state index contributed by atoms with van der Waals surface area (Å²) in [4.78, 5) is 36.9. The second kappa shape index (κ2) is 9.19. The molecular formula is C21H27ClN4O5S. The monoisotopic (exact) mass is 482 g/mol. The zero-order valence-electron chi connectivity index (χ0n) is 18.8. The van der Waals surface area contributed by atoms with E-state index in [4.69, 9.17) is 16.3 Å². The quantitative estimate of drug-likeness (QED) is 0.359. The predicted molar refractivity (Wildman–Crippen MR) is 123 cm³/mol. The Labute approximate surface area is 195 Å². The summed E-state index contributed by atoms with van der Waals surface area (Å²) in [6.07, 6.45) is 2.55. The SMILES string of the molecule is CCOC(=O)c1c(NC(=O)Cn2nc([N+](=O)[O-])c(Cl)c2C)sc2c1CC[C@@H](C(C)(C)C)C2. The van der Waals surface area contributed by atoms with Crippen LogP contribution in [0.2, 0.25) is 5.02 Å². The largest absolute Gasteiger partial charge is 0.462 e. The molecule has 2 aromatic heterocycles. The Morgan fingerprint density at radius 3 is 2.66 bits per heavy atom. The highest BCUT2D eigenvalue weighted by molar-refractivity contribution is 7.17. The molecule has 32 heavy (non-hydrogen) atoms. The van der Waals surface area contributed by atoms with Gasteiger partial charge >= 0.3 is 11.8 Å². The fraction of sp³-hybridized carbons (Fsp3) is 0.571. The topological polar surface area (TPSA) is 116 Å². The van der Waals surface area contributed by atoms with Gasteiger partial charge in [0.05, 0.1) is 23.0 Å². The summed E-state index contributed by atoms with van der Waals surface area (Å²) in [5, 5.41) is 18.0. The van der Waals surface area contributed by atoms with Crippen molar-refractivity contribution in [3.8, 4) is 0 Å². The number of nitrogens with zero attached hydrogens (tertiary/aromatic N) is 3. The average molecular weight is 483 g/mol. The number of rotatable bonds is 6. The molecule has 1 atom stereocenters. The van der Waals surface area contributed by atoms with Crippen LogP contribution in [0.25, 0.3) is 0 Å². The zero-order valence-corrected chi connectivity index (χ0v) is 20.4. The van der Waals surface area contributed by atoms with Gasteiger partial charge < -0.3 is 20.2 Å². The molecule has 0 saturated carbocycles. The molecule has 9 nitrogen and oxygen atoms in total. The van der Waals surface area contributed by atoms with Gasteiger partial charge in [-0.05, 0) is 54.9 Å². The molecule has 0 aliphatic heterocycles. The van der Waals surface area contributed by atoms with Gasteiger partial charge in [0.2, 0.25) is 5.91 Å². The van der Waals surface area contributed by atoms with E-state index in [0.29, 0.717) is 22.2 Å². The Morgan fingerprint density at radius 1 is 1.41 bits per heavy atom. The number of hydrogen-bond donors (Lipinski definition) is 1. The van der Waals surface area contributed by atoms with Crippen LogP contribution in [0.15, 0.2) is 0 Å². The molecule has 0 fully saturated rings. The molecule has 0 aromatic carbocycles. The molecule has 1 N–H and O–H groups in total. The van der Waals surface area contributed by atoms with Crippen LogP contribution >= 0.6 is 22.9 Å². The molecule has 1 aliphatic carbocycles. The number of carbonyl (C=O) groups excluding carboxylic acids is 2. The van der Waals surface area contributed by atoms with Crippen molar-refractivity contribution in [1.82, 2.24) is 9.78 Å². The summed E-state index contributed by atoms with van der Waals surface area (Å²) in [6.45, 7) is 9.88. The van der Waals surface area contributed by atoms with Gasteiger partial charge in [-0.25, -0.2) is 4.79 Å². The Kier molecular flexibility index (Phi) is 6.94. The van der Waals surface area contributed by atoms with Crippen molar-refractivity contribution >= 4 is 45.6 Å². The van der Waals surface area contributed by atoms with Gasteiger partial charge in [0.25, 0.3) is 0 Å². The highest BCUT2D eigenvalue weighted by Crippen LogP contribution is 2.44. The number of hydrogen-bond acceptors (Lipinski definition) is 7. The number of anilines is 1. The molecule has 1 amide bonds. The van der Waals surface area contributed by atoms with E-state index in [0.717, 1.165) is 29.7 Å². The smallest absolute Gasteiger partial charge is 0.408 e. The van der Waals surface area contributed by atoms with E-state index in [2.05, 4.69) is 31.2 Å². The van der Waals surface area contributed by atoms with Crippen LogP contribution in [0.3, 0.4) is 0 Å². The minimum Gasteiger partial charge on any atom is -0.462 e. The minimum atomic E-state index is -0.693. The molecular weight excluding hydrogens is 456 g/mol. The van der Waals surface area contributed by atoms with Crippen molar-refractivity contribution < 1.29 is 19.2 Å². The van der Waals surface area contributed by atoms with Gasteiger partial charge in [-0.1, -0.05) is 32.4 Å².